The Labute approximate surface area is 252 Å². The molecule has 3 aromatic rings. The highest BCUT2D eigenvalue weighted by molar-refractivity contribution is 7.92. The van der Waals surface area contributed by atoms with Gasteiger partial charge in [0.25, 0.3) is 10.0 Å². The number of nitrogens with one attached hydrogen (secondary N) is 1. The van der Waals surface area contributed by atoms with Crippen LogP contribution in [0.3, 0.4) is 0 Å². The van der Waals surface area contributed by atoms with Crippen molar-refractivity contribution in [3.8, 4) is 0 Å². The van der Waals surface area contributed by atoms with E-state index < -0.39 is 28.5 Å². The number of amides is 2. The molecule has 0 fully saturated rings. The summed E-state index contributed by atoms with van der Waals surface area (Å²) in [6.07, 6.45) is 0.384. The van der Waals surface area contributed by atoms with E-state index in [9.17, 15) is 18.0 Å². The zero-order valence-electron chi connectivity index (χ0n) is 25.9. The molecule has 0 radical (unpaired) electrons. The number of carbonyl (C=O) groups is 2. The Morgan fingerprint density at radius 2 is 1.50 bits per heavy atom. The van der Waals surface area contributed by atoms with Crippen LogP contribution in [0, 0.1) is 19.8 Å². The number of aryl methyl sites for hydroxylation is 2. The van der Waals surface area contributed by atoms with Gasteiger partial charge in [-0.3, -0.25) is 13.9 Å². The molecule has 1 N–H and O–H groups in total. The molecule has 8 heteroatoms. The van der Waals surface area contributed by atoms with E-state index in [4.69, 9.17) is 0 Å². The van der Waals surface area contributed by atoms with Crippen LogP contribution in [-0.2, 0) is 26.2 Å². The summed E-state index contributed by atoms with van der Waals surface area (Å²) in [5.74, 6) is -0.188. The highest BCUT2D eigenvalue weighted by atomic mass is 32.2. The number of sulfonamides is 1. The monoisotopic (exact) mass is 591 g/mol. The van der Waals surface area contributed by atoms with Crippen molar-refractivity contribution in [2.75, 3.05) is 17.4 Å². The van der Waals surface area contributed by atoms with Crippen molar-refractivity contribution in [2.45, 2.75) is 78.3 Å². The molecular weight excluding hydrogens is 546 g/mol. The van der Waals surface area contributed by atoms with Gasteiger partial charge in [-0.1, -0.05) is 94.3 Å². The van der Waals surface area contributed by atoms with Gasteiger partial charge >= 0.3 is 0 Å². The summed E-state index contributed by atoms with van der Waals surface area (Å²) in [5.41, 5.74) is 4.28. The first-order valence-corrected chi connectivity index (χ1v) is 16.1. The quantitative estimate of drug-likeness (QED) is 0.256. The van der Waals surface area contributed by atoms with Crippen LogP contribution in [0.15, 0.2) is 77.7 Å². The first-order valence-electron chi connectivity index (χ1n) is 14.7. The van der Waals surface area contributed by atoms with Gasteiger partial charge in [-0.25, -0.2) is 8.42 Å². The van der Waals surface area contributed by atoms with Gasteiger partial charge in [0.1, 0.15) is 12.6 Å². The van der Waals surface area contributed by atoms with Crippen molar-refractivity contribution in [2.24, 2.45) is 5.92 Å². The Hall–Kier alpha value is -3.65. The molecule has 0 bridgehead atoms. The maximum Gasteiger partial charge on any atom is 0.264 e. The number of anilines is 1. The van der Waals surface area contributed by atoms with Crippen LogP contribution in [0.2, 0.25) is 0 Å². The van der Waals surface area contributed by atoms with Gasteiger partial charge in [0.15, 0.2) is 0 Å². The van der Waals surface area contributed by atoms with Crippen LogP contribution in [0.1, 0.15) is 69.2 Å². The Bertz CT molecular complexity index is 1450. The molecule has 0 aliphatic rings. The van der Waals surface area contributed by atoms with E-state index in [0.717, 1.165) is 26.6 Å². The van der Waals surface area contributed by atoms with E-state index in [1.165, 1.54) is 4.90 Å². The fourth-order valence-corrected chi connectivity index (χ4v) is 6.16. The largest absolute Gasteiger partial charge is 0.354 e. The molecule has 0 unspecified atom stereocenters. The van der Waals surface area contributed by atoms with E-state index in [1.807, 2.05) is 71.0 Å². The standard InChI is InChI=1S/C34H45N3O4S/c1-8-32(34(39)35-21-24(2)3)36(22-28-11-9-10-27(7)20-28)33(38)23-37(30-16-14-29(15-17-30)25(4)5)42(40,41)31-18-12-26(6)13-19-31/h9-20,24-25,32H,8,21-23H2,1-7H3,(H,35,39)/t32-/m0/s1. The van der Waals surface area contributed by atoms with Gasteiger partial charge in [-0.15, -0.1) is 0 Å². The zero-order valence-corrected chi connectivity index (χ0v) is 26.7. The Balaban J connectivity index is 2.06. The Morgan fingerprint density at radius 1 is 0.857 bits per heavy atom. The van der Waals surface area contributed by atoms with E-state index in [0.29, 0.717) is 18.7 Å². The van der Waals surface area contributed by atoms with Crippen LogP contribution >= 0.6 is 0 Å². The van der Waals surface area contributed by atoms with Crippen LogP contribution in [0.25, 0.3) is 0 Å². The summed E-state index contributed by atoms with van der Waals surface area (Å²) in [7, 11) is -4.10. The van der Waals surface area contributed by atoms with E-state index in [-0.39, 0.29) is 29.2 Å². The predicted octanol–water partition coefficient (Wildman–Crippen LogP) is 6.20. The van der Waals surface area contributed by atoms with Crippen molar-refractivity contribution < 1.29 is 18.0 Å². The summed E-state index contributed by atoms with van der Waals surface area (Å²) < 4.78 is 29.3. The van der Waals surface area contributed by atoms with Crippen molar-refractivity contribution in [3.63, 3.8) is 0 Å². The second-order valence-electron chi connectivity index (χ2n) is 11.6. The molecule has 7 nitrogen and oxygen atoms in total. The number of rotatable bonds is 13. The summed E-state index contributed by atoms with van der Waals surface area (Å²) in [4.78, 5) is 29.2. The minimum atomic E-state index is -4.10. The number of carbonyl (C=O) groups excluding carboxylic acids is 2. The lowest BCUT2D eigenvalue weighted by Gasteiger charge is -2.33. The molecule has 1 atom stereocenters. The maximum atomic E-state index is 14.2. The average molecular weight is 592 g/mol. The van der Waals surface area contributed by atoms with Crippen LogP contribution in [0.4, 0.5) is 5.69 Å². The number of benzene rings is 3. The maximum absolute atomic E-state index is 14.2. The number of hydrogen-bond donors (Lipinski definition) is 1. The summed E-state index contributed by atoms with van der Waals surface area (Å²) in [6.45, 7) is 14.1. The Morgan fingerprint density at radius 3 is 2.05 bits per heavy atom. The van der Waals surface area contributed by atoms with E-state index >= 15 is 0 Å². The van der Waals surface area contributed by atoms with Gasteiger partial charge in [-0.05, 0) is 67.5 Å². The third kappa shape index (κ3) is 8.44. The van der Waals surface area contributed by atoms with Gasteiger partial charge < -0.3 is 10.2 Å². The smallest absolute Gasteiger partial charge is 0.264 e. The molecule has 0 saturated heterocycles. The number of nitrogens with zero attached hydrogens (tertiary/aromatic N) is 2. The summed E-state index contributed by atoms with van der Waals surface area (Å²) in [5, 5.41) is 2.96. The molecule has 3 rings (SSSR count). The summed E-state index contributed by atoms with van der Waals surface area (Å²) >= 11 is 0. The molecule has 226 valence electrons. The molecule has 2 amide bonds. The van der Waals surface area contributed by atoms with Crippen LogP contribution in [-0.4, -0.2) is 44.3 Å². The predicted molar refractivity (Wildman–Crippen MR) is 170 cm³/mol. The van der Waals surface area contributed by atoms with Crippen molar-refractivity contribution in [1.29, 1.82) is 0 Å². The van der Waals surface area contributed by atoms with E-state index in [1.54, 1.807) is 36.4 Å². The van der Waals surface area contributed by atoms with Gasteiger partial charge in [0.2, 0.25) is 11.8 Å². The molecule has 0 heterocycles. The lowest BCUT2D eigenvalue weighted by molar-refractivity contribution is -0.140. The normalized spacial score (nSPS) is 12.3. The zero-order chi connectivity index (χ0) is 31.0. The van der Waals surface area contributed by atoms with Crippen molar-refractivity contribution in [3.05, 3.63) is 95.1 Å². The molecule has 0 spiro atoms. The van der Waals surface area contributed by atoms with Gasteiger partial charge in [0.05, 0.1) is 10.6 Å². The van der Waals surface area contributed by atoms with Crippen LogP contribution < -0.4 is 9.62 Å². The van der Waals surface area contributed by atoms with Crippen LogP contribution in [0.5, 0.6) is 0 Å². The molecule has 42 heavy (non-hydrogen) atoms. The third-order valence-corrected chi connectivity index (χ3v) is 9.03. The average Bonchev–Trinajstić information content (AvgIpc) is 2.94. The minimum Gasteiger partial charge on any atom is -0.354 e. The number of hydrogen-bond acceptors (Lipinski definition) is 4. The third-order valence-electron chi connectivity index (χ3n) is 7.24. The minimum absolute atomic E-state index is 0.0980. The lowest BCUT2D eigenvalue weighted by Crippen LogP contribution is -2.52. The first-order chi connectivity index (χ1) is 19.8. The molecule has 0 saturated carbocycles. The Kier molecular flexibility index (Phi) is 11.3. The molecular formula is C34H45N3O4S. The topological polar surface area (TPSA) is 86.8 Å². The second kappa shape index (κ2) is 14.5. The molecule has 0 aromatic heterocycles. The summed E-state index contributed by atoms with van der Waals surface area (Å²) in [6, 6.07) is 20.9. The SMILES string of the molecule is CC[C@@H](C(=O)NCC(C)C)N(Cc1cccc(C)c1)C(=O)CN(c1ccc(C(C)C)cc1)S(=O)(=O)c1ccc(C)cc1. The fourth-order valence-electron chi connectivity index (χ4n) is 4.74. The van der Waals surface area contributed by atoms with Crippen molar-refractivity contribution >= 4 is 27.5 Å². The molecule has 0 aliphatic carbocycles. The van der Waals surface area contributed by atoms with E-state index in [2.05, 4.69) is 19.2 Å². The van der Waals surface area contributed by atoms with Crippen molar-refractivity contribution in [1.82, 2.24) is 10.2 Å². The second-order valence-corrected chi connectivity index (χ2v) is 13.5. The fraction of sp³-hybridized carbons (Fsp3) is 0.412. The van der Waals surface area contributed by atoms with Gasteiger partial charge in [0, 0.05) is 13.1 Å². The highest BCUT2D eigenvalue weighted by Gasteiger charge is 2.33. The first kappa shape index (κ1) is 32.9. The molecule has 0 aliphatic heterocycles. The van der Waals surface area contributed by atoms with Gasteiger partial charge in [-0.2, -0.15) is 0 Å². The lowest BCUT2D eigenvalue weighted by atomic mass is 10.0. The highest BCUT2D eigenvalue weighted by Crippen LogP contribution is 2.27. The molecule has 3 aromatic carbocycles.